The summed E-state index contributed by atoms with van der Waals surface area (Å²) in [6.45, 7) is 5.33. The fourth-order valence-electron chi connectivity index (χ4n) is 2.68. The van der Waals surface area contributed by atoms with Gasteiger partial charge in [0.25, 0.3) is 0 Å². The normalized spacial score (nSPS) is 24.3. The van der Waals surface area contributed by atoms with Gasteiger partial charge in [0.2, 0.25) is 5.91 Å². The lowest BCUT2D eigenvalue weighted by Crippen LogP contribution is -2.51. The molecule has 0 aromatic carbocycles. The van der Waals surface area contributed by atoms with E-state index in [4.69, 9.17) is 10.3 Å². The van der Waals surface area contributed by atoms with E-state index in [9.17, 15) is 4.79 Å². The number of aryl methyl sites for hydroxylation is 1. The number of nitrogens with zero attached hydrogens (tertiary/aromatic N) is 2. The number of aromatic nitrogens is 1. The highest BCUT2D eigenvalue weighted by molar-refractivity contribution is 5.78. The predicted molar refractivity (Wildman–Crippen MR) is 67.9 cm³/mol. The molecular formula is C13H21N3O2. The number of likely N-dealkylation sites (tertiary alicyclic amines) is 1. The maximum Gasteiger partial charge on any atom is 0.229 e. The van der Waals surface area contributed by atoms with Crippen molar-refractivity contribution in [3.8, 4) is 0 Å². The molecule has 0 radical (unpaired) electrons. The molecule has 0 saturated carbocycles. The lowest BCUT2D eigenvalue weighted by atomic mass is 9.90. The fraction of sp³-hybridized carbons (Fsp3) is 0.692. The molecule has 18 heavy (non-hydrogen) atoms. The Morgan fingerprint density at radius 2 is 2.44 bits per heavy atom. The van der Waals surface area contributed by atoms with Gasteiger partial charge < -0.3 is 15.2 Å². The van der Waals surface area contributed by atoms with E-state index in [0.29, 0.717) is 24.6 Å². The molecule has 2 N–H and O–H groups in total. The third-order valence-electron chi connectivity index (χ3n) is 3.69. The van der Waals surface area contributed by atoms with Crippen LogP contribution in [0.1, 0.15) is 31.2 Å². The molecule has 0 unspecified atom stereocenters. The lowest BCUT2D eigenvalue weighted by Gasteiger charge is -2.39. The SMILES string of the molecule is Cc1cc(CC(=O)N2CCC[C@H](C)[C@H]2CN)no1. The maximum atomic E-state index is 12.3. The fourth-order valence-corrected chi connectivity index (χ4v) is 2.68. The zero-order valence-electron chi connectivity index (χ0n) is 11.1. The van der Waals surface area contributed by atoms with Crippen LogP contribution in [-0.2, 0) is 11.2 Å². The summed E-state index contributed by atoms with van der Waals surface area (Å²) in [4.78, 5) is 14.2. The number of rotatable bonds is 3. The molecule has 0 bridgehead atoms. The number of hydrogen-bond acceptors (Lipinski definition) is 4. The number of carbonyl (C=O) groups excluding carboxylic acids is 1. The van der Waals surface area contributed by atoms with E-state index in [1.165, 1.54) is 0 Å². The number of amides is 1. The second-order valence-electron chi connectivity index (χ2n) is 5.12. The molecule has 2 atom stereocenters. The summed E-state index contributed by atoms with van der Waals surface area (Å²) < 4.78 is 4.98. The van der Waals surface area contributed by atoms with Gasteiger partial charge in [0, 0.05) is 25.2 Å². The highest BCUT2D eigenvalue weighted by Gasteiger charge is 2.30. The Hall–Kier alpha value is -1.36. The Bertz CT molecular complexity index is 416. The van der Waals surface area contributed by atoms with Crippen molar-refractivity contribution in [2.24, 2.45) is 11.7 Å². The summed E-state index contributed by atoms with van der Waals surface area (Å²) in [5, 5.41) is 3.87. The van der Waals surface area contributed by atoms with Crippen LogP contribution in [-0.4, -0.2) is 35.1 Å². The summed E-state index contributed by atoms with van der Waals surface area (Å²) in [6, 6.07) is 1.97. The lowest BCUT2D eigenvalue weighted by molar-refractivity contribution is -0.135. The number of hydrogen-bond donors (Lipinski definition) is 1. The third kappa shape index (κ3) is 2.72. The summed E-state index contributed by atoms with van der Waals surface area (Å²) in [5.41, 5.74) is 6.49. The molecule has 1 aromatic heterocycles. The third-order valence-corrected chi connectivity index (χ3v) is 3.69. The van der Waals surface area contributed by atoms with Gasteiger partial charge in [0.15, 0.2) is 0 Å². The van der Waals surface area contributed by atoms with Gasteiger partial charge in [0.05, 0.1) is 12.1 Å². The number of piperidine rings is 1. The van der Waals surface area contributed by atoms with Crippen molar-refractivity contribution in [3.05, 3.63) is 17.5 Å². The Morgan fingerprint density at radius 1 is 1.67 bits per heavy atom. The van der Waals surface area contributed by atoms with Crippen LogP contribution in [0.5, 0.6) is 0 Å². The molecule has 1 amide bonds. The molecule has 1 fully saturated rings. The second-order valence-corrected chi connectivity index (χ2v) is 5.12. The first-order valence-corrected chi connectivity index (χ1v) is 6.53. The van der Waals surface area contributed by atoms with E-state index in [1.807, 2.05) is 17.9 Å². The summed E-state index contributed by atoms with van der Waals surface area (Å²) in [5.74, 6) is 1.32. The minimum absolute atomic E-state index is 0.102. The van der Waals surface area contributed by atoms with E-state index in [-0.39, 0.29) is 11.9 Å². The van der Waals surface area contributed by atoms with E-state index in [1.54, 1.807) is 0 Å². The van der Waals surface area contributed by atoms with Gasteiger partial charge in [-0.2, -0.15) is 0 Å². The first-order valence-electron chi connectivity index (χ1n) is 6.53. The summed E-state index contributed by atoms with van der Waals surface area (Å²) in [7, 11) is 0. The minimum atomic E-state index is 0.102. The summed E-state index contributed by atoms with van der Waals surface area (Å²) in [6.07, 6.45) is 2.51. The van der Waals surface area contributed by atoms with Crippen LogP contribution < -0.4 is 5.73 Å². The molecule has 5 heteroatoms. The Labute approximate surface area is 107 Å². The van der Waals surface area contributed by atoms with Crippen LogP contribution in [0, 0.1) is 12.8 Å². The van der Waals surface area contributed by atoms with Gasteiger partial charge in [-0.1, -0.05) is 12.1 Å². The smallest absolute Gasteiger partial charge is 0.229 e. The molecule has 1 saturated heterocycles. The van der Waals surface area contributed by atoms with Crippen LogP contribution >= 0.6 is 0 Å². The first-order chi connectivity index (χ1) is 8.61. The van der Waals surface area contributed by atoms with Gasteiger partial charge >= 0.3 is 0 Å². The molecule has 0 spiro atoms. The van der Waals surface area contributed by atoms with E-state index >= 15 is 0 Å². The highest BCUT2D eigenvalue weighted by Crippen LogP contribution is 2.23. The molecule has 100 valence electrons. The van der Waals surface area contributed by atoms with Crippen molar-refractivity contribution in [2.45, 2.75) is 39.2 Å². The van der Waals surface area contributed by atoms with Crippen LogP contribution in [0.4, 0.5) is 0 Å². The van der Waals surface area contributed by atoms with Crippen molar-refractivity contribution in [2.75, 3.05) is 13.1 Å². The van der Waals surface area contributed by atoms with Crippen molar-refractivity contribution in [1.82, 2.24) is 10.1 Å². The predicted octanol–water partition coefficient (Wildman–Crippen LogP) is 1.11. The minimum Gasteiger partial charge on any atom is -0.361 e. The van der Waals surface area contributed by atoms with Crippen molar-refractivity contribution in [1.29, 1.82) is 0 Å². The van der Waals surface area contributed by atoms with Gasteiger partial charge in [-0.05, 0) is 25.7 Å². The maximum absolute atomic E-state index is 12.3. The Kier molecular flexibility index (Phi) is 4.01. The van der Waals surface area contributed by atoms with Crippen LogP contribution in [0.3, 0.4) is 0 Å². The molecule has 1 aliphatic rings. The highest BCUT2D eigenvalue weighted by atomic mass is 16.5. The second kappa shape index (κ2) is 5.52. The number of nitrogens with two attached hydrogens (primary N) is 1. The number of carbonyl (C=O) groups is 1. The average Bonchev–Trinajstić information content (AvgIpc) is 2.74. The van der Waals surface area contributed by atoms with Crippen molar-refractivity contribution in [3.63, 3.8) is 0 Å². The zero-order chi connectivity index (χ0) is 13.1. The van der Waals surface area contributed by atoms with Gasteiger partial charge in [-0.25, -0.2) is 0 Å². The summed E-state index contributed by atoms with van der Waals surface area (Å²) >= 11 is 0. The molecule has 5 nitrogen and oxygen atoms in total. The Balaban J connectivity index is 2.03. The monoisotopic (exact) mass is 251 g/mol. The van der Waals surface area contributed by atoms with Gasteiger partial charge in [-0.15, -0.1) is 0 Å². The molecule has 1 aromatic rings. The Morgan fingerprint density at radius 3 is 3.06 bits per heavy atom. The van der Waals surface area contributed by atoms with Crippen LogP contribution in [0.25, 0.3) is 0 Å². The molecule has 2 heterocycles. The molecular weight excluding hydrogens is 230 g/mol. The quantitative estimate of drug-likeness (QED) is 0.873. The first kappa shape index (κ1) is 13.1. The topological polar surface area (TPSA) is 72.4 Å². The van der Waals surface area contributed by atoms with Crippen LogP contribution in [0.15, 0.2) is 10.6 Å². The van der Waals surface area contributed by atoms with E-state index in [2.05, 4.69) is 12.1 Å². The molecule has 0 aliphatic carbocycles. The molecule has 1 aliphatic heterocycles. The standard InChI is InChI=1S/C13H21N3O2/c1-9-4-3-5-16(12(9)8-14)13(17)7-11-6-10(2)18-15-11/h6,9,12H,3-5,7-8,14H2,1-2H3/t9-,12+/m0/s1. The van der Waals surface area contributed by atoms with E-state index in [0.717, 1.165) is 25.1 Å². The zero-order valence-corrected chi connectivity index (χ0v) is 11.1. The van der Waals surface area contributed by atoms with Gasteiger partial charge in [0.1, 0.15) is 5.76 Å². The molecule has 2 rings (SSSR count). The van der Waals surface area contributed by atoms with Gasteiger partial charge in [-0.3, -0.25) is 4.79 Å². The van der Waals surface area contributed by atoms with Crippen LogP contribution in [0.2, 0.25) is 0 Å². The van der Waals surface area contributed by atoms with E-state index < -0.39 is 0 Å². The average molecular weight is 251 g/mol. The van der Waals surface area contributed by atoms with Crippen molar-refractivity contribution < 1.29 is 9.32 Å². The van der Waals surface area contributed by atoms with Crippen molar-refractivity contribution >= 4 is 5.91 Å². The largest absolute Gasteiger partial charge is 0.361 e.